The minimum absolute atomic E-state index is 0.177. The number of carbonyl (C=O) groups excluding carboxylic acids is 2. The first-order valence-electron chi connectivity index (χ1n) is 24.9. The molecule has 0 aliphatic heterocycles. The lowest BCUT2D eigenvalue weighted by atomic mass is 10.0. The molecule has 2 unspecified atom stereocenters. The highest BCUT2D eigenvalue weighted by atomic mass is 16.7. The summed E-state index contributed by atoms with van der Waals surface area (Å²) < 4.78 is 22.7. The second-order valence-electron chi connectivity index (χ2n) is 18.1. The van der Waals surface area contributed by atoms with E-state index in [4.69, 9.17) is 18.9 Å². The Balaban J connectivity index is 4.07. The van der Waals surface area contributed by atoms with Crippen LogP contribution in [-0.2, 0) is 33.3 Å². The van der Waals surface area contributed by atoms with E-state index < -0.39 is 24.3 Å². The zero-order valence-corrected chi connectivity index (χ0v) is 39.4. The number of hydrogen-bond acceptors (Lipinski definition) is 7. The number of carbonyl (C=O) groups is 3. The van der Waals surface area contributed by atoms with Crippen LogP contribution in [-0.4, -0.2) is 87.4 Å². The van der Waals surface area contributed by atoms with E-state index in [-0.39, 0.29) is 32.2 Å². The molecule has 1 N–H and O–H groups in total. The van der Waals surface area contributed by atoms with Gasteiger partial charge in [-0.3, -0.25) is 9.59 Å². The van der Waals surface area contributed by atoms with Crippen molar-refractivity contribution in [2.75, 3.05) is 47.5 Å². The van der Waals surface area contributed by atoms with Crippen molar-refractivity contribution in [3.8, 4) is 0 Å². The Morgan fingerprint density at radius 1 is 0.492 bits per heavy atom. The molecule has 0 radical (unpaired) electrons. The van der Waals surface area contributed by atoms with Crippen LogP contribution in [0.2, 0.25) is 0 Å². The summed E-state index contributed by atoms with van der Waals surface area (Å²) in [4.78, 5) is 37.0. The van der Waals surface area contributed by atoms with E-state index in [0.717, 1.165) is 38.5 Å². The van der Waals surface area contributed by atoms with Gasteiger partial charge >= 0.3 is 17.9 Å². The second kappa shape index (κ2) is 42.7. The maximum absolute atomic E-state index is 12.7. The largest absolute Gasteiger partial charge is 0.477 e. The zero-order valence-electron chi connectivity index (χ0n) is 39.4. The van der Waals surface area contributed by atoms with E-state index >= 15 is 0 Å². The fraction of sp³-hybridized carbons (Fsp3) is 0.900. The number of hydrogen-bond donors (Lipinski definition) is 1. The minimum Gasteiger partial charge on any atom is -0.477 e. The van der Waals surface area contributed by atoms with Crippen LogP contribution in [0.1, 0.15) is 232 Å². The fourth-order valence-corrected chi connectivity index (χ4v) is 7.13. The molecule has 59 heavy (non-hydrogen) atoms. The summed E-state index contributed by atoms with van der Waals surface area (Å²) in [5.41, 5.74) is 0. The number of quaternary nitrogens is 1. The van der Waals surface area contributed by atoms with Crippen molar-refractivity contribution < 1.29 is 42.9 Å². The molecule has 0 aliphatic carbocycles. The van der Waals surface area contributed by atoms with Gasteiger partial charge in [-0.2, -0.15) is 0 Å². The molecule has 0 aromatic carbocycles. The quantitative estimate of drug-likeness (QED) is 0.0212. The van der Waals surface area contributed by atoms with Gasteiger partial charge in [-0.05, 0) is 38.5 Å². The van der Waals surface area contributed by atoms with Gasteiger partial charge in [-0.1, -0.05) is 193 Å². The number of carboxylic acids is 1. The lowest BCUT2D eigenvalue weighted by molar-refractivity contribution is -0.870. The van der Waals surface area contributed by atoms with Crippen molar-refractivity contribution in [2.45, 2.75) is 245 Å². The maximum Gasteiger partial charge on any atom is 0.361 e. The SMILES string of the molecule is CCCCCCCCCC/C=C\CCCCCCCCCCCCCCCCCC(=O)OC(COC(=O)CCCCCCCCC)COC(OCC[N+](C)(C)C)C(=O)O. The van der Waals surface area contributed by atoms with Gasteiger partial charge in [-0.15, -0.1) is 0 Å². The Morgan fingerprint density at radius 3 is 1.25 bits per heavy atom. The molecule has 0 aliphatic rings. The van der Waals surface area contributed by atoms with Gasteiger partial charge in [0.25, 0.3) is 6.29 Å². The predicted molar refractivity (Wildman–Crippen MR) is 245 cm³/mol. The van der Waals surface area contributed by atoms with E-state index in [9.17, 15) is 19.5 Å². The highest BCUT2D eigenvalue weighted by Gasteiger charge is 2.25. The molecule has 9 nitrogen and oxygen atoms in total. The summed E-state index contributed by atoms with van der Waals surface area (Å²) in [6.45, 7) is 4.85. The van der Waals surface area contributed by atoms with Crippen LogP contribution in [0.4, 0.5) is 0 Å². The van der Waals surface area contributed by atoms with Crippen LogP contribution in [0.25, 0.3) is 0 Å². The average molecular weight is 839 g/mol. The second-order valence-corrected chi connectivity index (χ2v) is 18.1. The van der Waals surface area contributed by atoms with E-state index in [0.29, 0.717) is 17.4 Å². The third-order valence-corrected chi connectivity index (χ3v) is 11.0. The number of likely N-dealkylation sites (N-methyl/N-ethyl adjacent to an activating group) is 1. The molecule has 348 valence electrons. The lowest BCUT2D eigenvalue weighted by Crippen LogP contribution is -2.40. The van der Waals surface area contributed by atoms with Gasteiger partial charge in [0.2, 0.25) is 0 Å². The van der Waals surface area contributed by atoms with E-state index in [1.807, 2.05) is 21.1 Å². The summed E-state index contributed by atoms with van der Waals surface area (Å²) in [6, 6.07) is 0. The molecule has 0 rings (SSSR count). The summed E-state index contributed by atoms with van der Waals surface area (Å²) in [5.74, 6) is -2.00. The lowest BCUT2D eigenvalue weighted by Gasteiger charge is -2.25. The smallest absolute Gasteiger partial charge is 0.361 e. The van der Waals surface area contributed by atoms with Crippen LogP contribution < -0.4 is 0 Å². The molecule has 0 bridgehead atoms. The highest BCUT2D eigenvalue weighted by molar-refractivity contribution is 5.71. The Hall–Kier alpha value is -1.97. The van der Waals surface area contributed by atoms with Crippen LogP contribution in [0.5, 0.6) is 0 Å². The van der Waals surface area contributed by atoms with Gasteiger partial charge < -0.3 is 28.5 Å². The Morgan fingerprint density at radius 2 is 0.864 bits per heavy atom. The maximum atomic E-state index is 12.7. The van der Waals surface area contributed by atoms with Crippen molar-refractivity contribution in [3.05, 3.63) is 12.2 Å². The first-order chi connectivity index (χ1) is 28.6. The topological polar surface area (TPSA) is 108 Å². The molecule has 9 heteroatoms. The number of aliphatic carboxylic acids is 1. The third-order valence-electron chi connectivity index (χ3n) is 11.0. The Bertz CT molecular complexity index is 980. The monoisotopic (exact) mass is 839 g/mol. The first-order valence-corrected chi connectivity index (χ1v) is 24.9. The van der Waals surface area contributed by atoms with Crippen LogP contribution in [0, 0.1) is 0 Å². The number of rotatable bonds is 46. The van der Waals surface area contributed by atoms with Gasteiger partial charge in [0.05, 0.1) is 34.4 Å². The van der Waals surface area contributed by atoms with Crippen molar-refractivity contribution >= 4 is 17.9 Å². The highest BCUT2D eigenvalue weighted by Crippen LogP contribution is 2.16. The van der Waals surface area contributed by atoms with Crippen LogP contribution >= 0.6 is 0 Å². The Kier molecular flexibility index (Phi) is 41.3. The molecule has 0 fully saturated rings. The number of esters is 2. The van der Waals surface area contributed by atoms with Gasteiger partial charge in [0, 0.05) is 12.8 Å². The summed E-state index contributed by atoms with van der Waals surface area (Å²) in [7, 11) is 5.96. The average Bonchev–Trinajstić information content (AvgIpc) is 3.19. The molecule has 0 aromatic heterocycles. The first kappa shape index (κ1) is 57.0. The number of allylic oxidation sites excluding steroid dienone is 2. The van der Waals surface area contributed by atoms with Crippen molar-refractivity contribution in [3.63, 3.8) is 0 Å². The molecular weight excluding hydrogens is 743 g/mol. The number of nitrogens with zero attached hydrogens (tertiary/aromatic N) is 1. The molecule has 0 aromatic rings. The summed E-state index contributed by atoms with van der Waals surface area (Å²) >= 11 is 0. The van der Waals surface area contributed by atoms with Gasteiger partial charge in [-0.25, -0.2) is 4.79 Å². The van der Waals surface area contributed by atoms with Crippen molar-refractivity contribution in [2.24, 2.45) is 0 Å². The molecule has 0 saturated carbocycles. The standard InChI is InChI=1S/C50H95NO8/c1-6-8-10-12-14-15-16-17-18-19-20-21-22-23-24-25-26-27-28-29-30-31-32-33-35-37-39-41-48(53)59-46(44-57-47(52)40-38-36-34-13-11-9-7-2)45-58-50(49(54)55)56-43-42-51(3,4)5/h19-20,46,50H,6-18,21-45H2,1-5H3/p+1/b20-19-. The molecule has 2 atom stereocenters. The number of carboxylic acid groups (broad SMARTS) is 1. The van der Waals surface area contributed by atoms with Crippen LogP contribution in [0.3, 0.4) is 0 Å². The van der Waals surface area contributed by atoms with E-state index in [1.54, 1.807) is 0 Å². The van der Waals surface area contributed by atoms with Crippen molar-refractivity contribution in [1.82, 2.24) is 0 Å². The van der Waals surface area contributed by atoms with E-state index in [1.165, 1.54) is 167 Å². The number of ether oxygens (including phenoxy) is 4. The van der Waals surface area contributed by atoms with Gasteiger partial charge in [0.15, 0.2) is 6.10 Å². The predicted octanol–water partition coefficient (Wildman–Crippen LogP) is 13.5. The van der Waals surface area contributed by atoms with Crippen LogP contribution in [0.15, 0.2) is 12.2 Å². The molecular formula is C50H96NO8+. The number of unbranched alkanes of at least 4 members (excludes halogenated alkanes) is 29. The molecule has 0 spiro atoms. The third kappa shape index (κ3) is 43.9. The minimum atomic E-state index is -1.50. The van der Waals surface area contributed by atoms with Gasteiger partial charge in [0.1, 0.15) is 13.2 Å². The van der Waals surface area contributed by atoms with E-state index in [2.05, 4.69) is 26.0 Å². The normalized spacial score (nSPS) is 12.9. The molecule has 0 saturated heterocycles. The zero-order chi connectivity index (χ0) is 43.5. The van der Waals surface area contributed by atoms with Crippen molar-refractivity contribution in [1.29, 1.82) is 0 Å². The molecule has 0 heterocycles. The summed E-state index contributed by atoms with van der Waals surface area (Å²) in [6.07, 6.45) is 43.1. The fourth-order valence-electron chi connectivity index (χ4n) is 7.13. The summed E-state index contributed by atoms with van der Waals surface area (Å²) in [5, 5.41) is 9.61. The Labute approximate surface area is 364 Å². The molecule has 0 amide bonds.